The van der Waals surface area contributed by atoms with Crippen LogP contribution < -0.4 is 0 Å². The van der Waals surface area contributed by atoms with Crippen LogP contribution in [0.1, 0.15) is 20.3 Å². The first-order chi connectivity index (χ1) is 6.65. The van der Waals surface area contributed by atoms with E-state index >= 15 is 0 Å². The fourth-order valence-corrected chi connectivity index (χ4v) is 1.02. The Bertz CT molecular complexity index is 152. The number of hydrogen-bond donors (Lipinski definition) is 2. The summed E-state index contributed by atoms with van der Waals surface area (Å²) < 4.78 is 10.5. The minimum Gasteiger partial charge on any atom is -0.393 e. The van der Waals surface area contributed by atoms with Gasteiger partial charge in [-0.15, -0.1) is 0 Å². The van der Waals surface area contributed by atoms with Crippen LogP contribution in [0, 0.1) is 0 Å². The van der Waals surface area contributed by atoms with E-state index in [-0.39, 0.29) is 12.9 Å². The van der Waals surface area contributed by atoms with Crippen molar-refractivity contribution in [2.75, 3.05) is 19.8 Å². The summed E-state index contributed by atoms with van der Waals surface area (Å²) in [4.78, 5) is 0. The van der Waals surface area contributed by atoms with Crippen LogP contribution in [0.15, 0.2) is 12.2 Å². The lowest BCUT2D eigenvalue weighted by molar-refractivity contribution is -0.136. The summed E-state index contributed by atoms with van der Waals surface area (Å²) in [5.74, 6) is 0. The van der Waals surface area contributed by atoms with Crippen LogP contribution in [-0.4, -0.2) is 42.4 Å². The van der Waals surface area contributed by atoms with E-state index < -0.39 is 6.10 Å². The van der Waals surface area contributed by atoms with Gasteiger partial charge in [-0.05, 0) is 19.4 Å². The topological polar surface area (TPSA) is 58.9 Å². The zero-order valence-electron chi connectivity index (χ0n) is 8.90. The molecule has 0 saturated heterocycles. The van der Waals surface area contributed by atoms with Gasteiger partial charge in [-0.25, -0.2) is 0 Å². The highest BCUT2D eigenvalue weighted by molar-refractivity contribution is 5.02. The highest BCUT2D eigenvalue weighted by Gasteiger charge is 2.14. The van der Waals surface area contributed by atoms with Crippen LogP contribution >= 0.6 is 0 Å². The van der Waals surface area contributed by atoms with E-state index in [9.17, 15) is 5.11 Å². The monoisotopic (exact) mass is 204 g/mol. The van der Waals surface area contributed by atoms with Crippen molar-refractivity contribution < 1.29 is 19.7 Å². The van der Waals surface area contributed by atoms with Crippen molar-refractivity contribution in [3.63, 3.8) is 0 Å². The molecule has 14 heavy (non-hydrogen) atoms. The van der Waals surface area contributed by atoms with Crippen LogP contribution in [0.25, 0.3) is 0 Å². The van der Waals surface area contributed by atoms with Gasteiger partial charge in [0.2, 0.25) is 0 Å². The van der Waals surface area contributed by atoms with Gasteiger partial charge in [0.25, 0.3) is 0 Å². The molecule has 0 aliphatic carbocycles. The third-order valence-corrected chi connectivity index (χ3v) is 1.78. The van der Waals surface area contributed by atoms with E-state index in [1.807, 2.05) is 13.8 Å². The third-order valence-electron chi connectivity index (χ3n) is 1.78. The summed E-state index contributed by atoms with van der Waals surface area (Å²) in [6.07, 6.45) is -0.860. The summed E-state index contributed by atoms with van der Waals surface area (Å²) in [7, 11) is 0. The molecular formula is C10H20O4. The number of rotatable bonds is 8. The number of hydrogen-bond acceptors (Lipinski definition) is 4. The van der Waals surface area contributed by atoms with Gasteiger partial charge in [0.1, 0.15) is 0 Å². The van der Waals surface area contributed by atoms with Crippen molar-refractivity contribution in [2.45, 2.75) is 32.7 Å². The van der Waals surface area contributed by atoms with Crippen molar-refractivity contribution in [2.24, 2.45) is 0 Å². The molecule has 4 nitrogen and oxygen atoms in total. The first-order valence-corrected chi connectivity index (χ1v) is 4.85. The molecule has 0 aromatic rings. The highest BCUT2D eigenvalue weighted by Crippen LogP contribution is 2.11. The van der Waals surface area contributed by atoms with E-state index in [0.29, 0.717) is 25.2 Å². The molecule has 0 spiro atoms. The summed E-state index contributed by atoms with van der Waals surface area (Å²) >= 11 is 0. The Labute approximate surface area is 85.1 Å². The Morgan fingerprint density at radius 1 is 1.29 bits per heavy atom. The van der Waals surface area contributed by atoms with Crippen molar-refractivity contribution in [1.82, 2.24) is 0 Å². The van der Waals surface area contributed by atoms with E-state index in [1.54, 1.807) is 0 Å². The molecular weight excluding hydrogens is 184 g/mol. The maximum absolute atomic E-state index is 9.25. The second-order valence-electron chi connectivity index (χ2n) is 2.90. The largest absolute Gasteiger partial charge is 0.393 e. The van der Waals surface area contributed by atoms with Crippen LogP contribution in [0.5, 0.6) is 0 Å². The Kier molecular flexibility index (Phi) is 7.70. The van der Waals surface area contributed by atoms with Crippen molar-refractivity contribution >= 4 is 0 Å². The van der Waals surface area contributed by atoms with Crippen molar-refractivity contribution in [3.05, 3.63) is 12.2 Å². The Morgan fingerprint density at radius 2 is 1.79 bits per heavy atom. The molecule has 0 radical (unpaired) electrons. The zero-order valence-corrected chi connectivity index (χ0v) is 8.90. The zero-order chi connectivity index (χ0) is 11.0. The molecule has 84 valence electrons. The lowest BCUT2D eigenvalue weighted by Gasteiger charge is -2.19. The molecule has 0 saturated carbocycles. The summed E-state index contributed by atoms with van der Waals surface area (Å²) in [5, 5.41) is 17.9. The van der Waals surface area contributed by atoms with Crippen LogP contribution in [-0.2, 0) is 9.47 Å². The maximum Gasteiger partial charge on any atom is 0.161 e. The quantitative estimate of drug-likeness (QED) is 0.451. The van der Waals surface area contributed by atoms with E-state index in [1.165, 1.54) is 0 Å². The number of aliphatic hydroxyl groups is 2. The predicted molar refractivity (Wildman–Crippen MR) is 53.9 cm³/mol. The molecule has 4 heteroatoms. The standard InChI is InChI=1S/C10H20O4/c1-4-13-10(14-5-2)6-8(3)9(12)7-11/h9-12H,3-7H2,1-2H3/t9-/m1/s1. The smallest absolute Gasteiger partial charge is 0.161 e. The van der Waals surface area contributed by atoms with E-state index in [4.69, 9.17) is 14.6 Å². The Balaban J connectivity index is 3.94. The molecule has 0 aliphatic heterocycles. The second-order valence-corrected chi connectivity index (χ2v) is 2.90. The molecule has 0 rings (SSSR count). The molecule has 0 aromatic carbocycles. The van der Waals surface area contributed by atoms with Gasteiger partial charge in [0, 0.05) is 19.6 Å². The second kappa shape index (κ2) is 7.94. The molecule has 0 fully saturated rings. The van der Waals surface area contributed by atoms with Crippen molar-refractivity contribution in [3.8, 4) is 0 Å². The fraction of sp³-hybridized carbons (Fsp3) is 0.800. The molecule has 0 aromatic heterocycles. The van der Waals surface area contributed by atoms with Crippen LogP contribution in [0.3, 0.4) is 0 Å². The summed E-state index contributed by atoms with van der Waals surface area (Å²) in [6.45, 7) is 8.19. The SMILES string of the molecule is C=C(CC(OCC)OCC)[C@H](O)CO. The molecule has 0 aliphatic rings. The van der Waals surface area contributed by atoms with E-state index in [2.05, 4.69) is 6.58 Å². The van der Waals surface area contributed by atoms with Gasteiger partial charge in [0.15, 0.2) is 6.29 Å². The molecule has 0 heterocycles. The van der Waals surface area contributed by atoms with E-state index in [0.717, 1.165) is 0 Å². The van der Waals surface area contributed by atoms with Gasteiger partial charge in [-0.2, -0.15) is 0 Å². The van der Waals surface area contributed by atoms with Crippen LogP contribution in [0.4, 0.5) is 0 Å². The van der Waals surface area contributed by atoms with Crippen LogP contribution in [0.2, 0.25) is 0 Å². The van der Waals surface area contributed by atoms with Gasteiger partial charge in [0.05, 0.1) is 12.7 Å². The minimum atomic E-state index is -0.890. The minimum absolute atomic E-state index is 0.316. The summed E-state index contributed by atoms with van der Waals surface area (Å²) in [5.41, 5.74) is 0.527. The first-order valence-electron chi connectivity index (χ1n) is 4.85. The normalized spacial score (nSPS) is 13.2. The lowest BCUT2D eigenvalue weighted by Crippen LogP contribution is -2.23. The summed E-state index contributed by atoms with van der Waals surface area (Å²) in [6, 6.07) is 0. The third kappa shape index (κ3) is 5.34. The number of aliphatic hydroxyl groups excluding tert-OH is 2. The van der Waals surface area contributed by atoms with Gasteiger partial charge in [-0.1, -0.05) is 6.58 Å². The van der Waals surface area contributed by atoms with Gasteiger partial charge in [-0.3, -0.25) is 0 Å². The average Bonchev–Trinajstić information content (AvgIpc) is 2.17. The Hall–Kier alpha value is -0.420. The average molecular weight is 204 g/mol. The molecule has 0 unspecified atom stereocenters. The van der Waals surface area contributed by atoms with Gasteiger partial charge >= 0.3 is 0 Å². The van der Waals surface area contributed by atoms with Gasteiger partial charge < -0.3 is 19.7 Å². The lowest BCUT2D eigenvalue weighted by atomic mass is 10.1. The molecule has 0 amide bonds. The number of ether oxygens (including phenoxy) is 2. The molecule has 0 bridgehead atoms. The maximum atomic E-state index is 9.25. The predicted octanol–water partition coefficient (Wildman–Crippen LogP) is 0.685. The Morgan fingerprint density at radius 3 is 2.14 bits per heavy atom. The highest BCUT2D eigenvalue weighted by atomic mass is 16.7. The molecule has 1 atom stereocenters. The fourth-order valence-electron chi connectivity index (χ4n) is 1.02. The molecule has 2 N–H and O–H groups in total. The van der Waals surface area contributed by atoms with Crippen molar-refractivity contribution in [1.29, 1.82) is 0 Å². The first kappa shape index (κ1) is 13.6.